The Morgan fingerprint density at radius 3 is 2.54 bits per heavy atom. The molecule has 0 atom stereocenters. The van der Waals surface area contributed by atoms with E-state index in [1.807, 2.05) is 17.3 Å². The van der Waals surface area contributed by atoms with E-state index >= 15 is 0 Å². The van der Waals surface area contributed by atoms with Gasteiger partial charge in [-0.1, -0.05) is 6.92 Å². The predicted octanol–water partition coefficient (Wildman–Crippen LogP) is 1.42. The average molecular weight is 368 g/mol. The van der Waals surface area contributed by atoms with Gasteiger partial charge in [0, 0.05) is 17.6 Å². The molecule has 0 aliphatic carbocycles. The first-order valence-electron chi connectivity index (χ1n) is 7.32. The number of likely N-dealkylation sites (N-methyl/N-ethyl adjacent to an activating group) is 1. The number of hydrogen-bond donors (Lipinski definition) is 2. The van der Waals surface area contributed by atoms with Crippen molar-refractivity contribution in [2.45, 2.75) is 24.8 Å². The Balaban J connectivity index is 1.88. The van der Waals surface area contributed by atoms with Gasteiger partial charge in [-0.2, -0.15) is 0 Å². The third kappa shape index (κ3) is 5.38. The minimum Gasteiger partial charge on any atom is -0.325 e. The standard InChI is InChI=1S/C15H20N4O3S2/c1-3-15-18-12(10-23-15)8-19(2)9-14(20)17-11-4-6-13(7-5-11)24(16,21)22/h4-7,10H,3,8-9H2,1-2H3,(H,17,20)(H2,16,21,22). The van der Waals surface area contributed by atoms with Gasteiger partial charge >= 0.3 is 0 Å². The summed E-state index contributed by atoms with van der Waals surface area (Å²) in [5.74, 6) is -0.188. The van der Waals surface area contributed by atoms with E-state index in [1.54, 1.807) is 11.3 Å². The summed E-state index contributed by atoms with van der Waals surface area (Å²) < 4.78 is 22.4. The fourth-order valence-corrected chi connectivity index (χ4v) is 3.34. The lowest BCUT2D eigenvalue weighted by Crippen LogP contribution is -2.30. The summed E-state index contributed by atoms with van der Waals surface area (Å²) >= 11 is 1.62. The normalized spacial score (nSPS) is 11.7. The summed E-state index contributed by atoms with van der Waals surface area (Å²) in [5.41, 5.74) is 1.47. The molecule has 24 heavy (non-hydrogen) atoms. The van der Waals surface area contributed by atoms with E-state index in [9.17, 15) is 13.2 Å². The van der Waals surface area contributed by atoms with Crippen LogP contribution in [0.1, 0.15) is 17.6 Å². The summed E-state index contributed by atoms with van der Waals surface area (Å²) in [6, 6.07) is 5.73. The van der Waals surface area contributed by atoms with Crippen molar-refractivity contribution in [3.8, 4) is 0 Å². The van der Waals surface area contributed by atoms with Crippen LogP contribution in [0.15, 0.2) is 34.5 Å². The van der Waals surface area contributed by atoms with Gasteiger partial charge in [0.2, 0.25) is 15.9 Å². The zero-order valence-corrected chi connectivity index (χ0v) is 15.2. The van der Waals surface area contributed by atoms with Crippen molar-refractivity contribution >= 4 is 33.0 Å². The number of hydrogen-bond acceptors (Lipinski definition) is 6. The third-order valence-electron chi connectivity index (χ3n) is 3.21. The van der Waals surface area contributed by atoms with Crippen LogP contribution in [0.25, 0.3) is 0 Å². The smallest absolute Gasteiger partial charge is 0.238 e. The van der Waals surface area contributed by atoms with Crippen molar-refractivity contribution in [3.63, 3.8) is 0 Å². The molecule has 7 nitrogen and oxygen atoms in total. The van der Waals surface area contributed by atoms with Gasteiger partial charge in [-0.3, -0.25) is 9.69 Å². The van der Waals surface area contributed by atoms with Gasteiger partial charge in [0.1, 0.15) is 0 Å². The maximum Gasteiger partial charge on any atom is 0.238 e. The minimum absolute atomic E-state index is 0.00729. The lowest BCUT2D eigenvalue weighted by Gasteiger charge is -2.15. The molecule has 1 aromatic carbocycles. The van der Waals surface area contributed by atoms with Crippen LogP contribution in [0.5, 0.6) is 0 Å². The number of rotatable bonds is 7. The molecule has 0 radical (unpaired) electrons. The molecule has 130 valence electrons. The topological polar surface area (TPSA) is 105 Å². The highest BCUT2D eigenvalue weighted by Crippen LogP contribution is 2.13. The molecule has 0 saturated carbocycles. The van der Waals surface area contributed by atoms with E-state index in [-0.39, 0.29) is 17.3 Å². The summed E-state index contributed by atoms with van der Waals surface area (Å²) in [6.45, 7) is 2.85. The molecule has 0 bridgehead atoms. The van der Waals surface area contributed by atoms with Crippen LogP contribution < -0.4 is 10.5 Å². The number of aryl methyl sites for hydroxylation is 1. The van der Waals surface area contributed by atoms with Crippen molar-refractivity contribution in [2.75, 3.05) is 18.9 Å². The molecule has 0 saturated heterocycles. The number of nitrogens with two attached hydrogens (primary N) is 1. The van der Waals surface area contributed by atoms with E-state index in [2.05, 4.69) is 17.2 Å². The number of carbonyl (C=O) groups is 1. The summed E-state index contributed by atoms with van der Waals surface area (Å²) in [5, 5.41) is 10.8. The van der Waals surface area contributed by atoms with Crippen LogP contribution in [0, 0.1) is 0 Å². The van der Waals surface area contributed by atoms with Crippen molar-refractivity contribution in [2.24, 2.45) is 5.14 Å². The van der Waals surface area contributed by atoms with E-state index in [4.69, 9.17) is 5.14 Å². The number of aromatic nitrogens is 1. The number of nitrogens with one attached hydrogen (secondary N) is 1. The van der Waals surface area contributed by atoms with E-state index < -0.39 is 10.0 Å². The van der Waals surface area contributed by atoms with Gasteiger partial charge in [0.05, 0.1) is 22.1 Å². The lowest BCUT2D eigenvalue weighted by atomic mass is 10.3. The fraction of sp³-hybridized carbons (Fsp3) is 0.333. The first kappa shape index (κ1) is 18.5. The number of anilines is 1. The summed E-state index contributed by atoms with van der Waals surface area (Å²) in [6.07, 6.45) is 0.906. The molecular formula is C15H20N4O3S2. The average Bonchev–Trinajstić information content (AvgIpc) is 2.94. The molecule has 1 heterocycles. The van der Waals surface area contributed by atoms with Crippen LogP contribution in [0.4, 0.5) is 5.69 Å². The molecule has 0 fully saturated rings. The Morgan fingerprint density at radius 2 is 2.00 bits per heavy atom. The second kappa shape index (κ2) is 7.84. The van der Waals surface area contributed by atoms with Crippen LogP contribution >= 0.6 is 11.3 Å². The maximum atomic E-state index is 12.0. The number of nitrogens with zero attached hydrogens (tertiary/aromatic N) is 2. The van der Waals surface area contributed by atoms with Crippen molar-refractivity contribution in [1.82, 2.24) is 9.88 Å². The number of thiazole rings is 1. The molecule has 0 unspecified atom stereocenters. The van der Waals surface area contributed by atoms with Gasteiger partial charge in [-0.05, 0) is 37.7 Å². The van der Waals surface area contributed by atoms with E-state index in [1.165, 1.54) is 24.3 Å². The molecule has 0 aliphatic heterocycles. The van der Waals surface area contributed by atoms with Gasteiger partial charge in [0.15, 0.2) is 0 Å². The summed E-state index contributed by atoms with van der Waals surface area (Å²) in [4.78, 5) is 18.4. The maximum absolute atomic E-state index is 12.0. The molecule has 0 spiro atoms. The second-order valence-corrected chi connectivity index (χ2v) is 7.88. The number of carbonyl (C=O) groups excluding carboxylic acids is 1. The number of benzene rings is 1. The highest BCUT2D eigenvalue weighted by Gasteiger charge is 2.11. The SMILES string of the molecule is CCc1nc(CN(C)CC(=O)Nc2ccc(S(N)(=O)=O)cc2)cs1. The molecule has 2 aromatic rings. The zero-order valence-electron chi connectivity index (χ0n) is 13.5. The largest absolute Gasteiger partial charge is 0.325 e. The monoisotopic (exact) mass is 368 g/mol. The molecule has 9 heteroatoms. The van der Waals surface area contributed by atoms with Crippen molar-refractivity contribution < 1.29 is 13.2 Å². The number of sulfonamides is 1. The van der Waals surface area contributed by atoms with Gasteiger partial charge in [-0.15, -0.1) is 11.3 Å². The molecule has 2 rings (SSSR count). The first-order chi connectivity index (χ1) is 11.3. The van der Waals surface area contributed by atoms with Crippen molar-refractivity contribution in [3.05, 3.63) is 40.3 Å². The first-order valence-corrected chi connectivity index (χ1v) is 9.75. The quantitative estimate of drug-likeness (QED) is 0.769. The Hall–Kier alpha value is -1.81. The van der Waals surface area contributed by atoms with Crippen LogP contribution in [-0.4, -0.2) is 37.8 Å². The van der Waals surface area contributed by atoms with Crippen LogP contribution in [0.3, 0.4) is 0 Å². The van der Waals surface area contributed by atoms with Crippen LogP contribution in [-0.2, 0) is 27.8 Å². The van der Waals surface area contributed by atoms with Gasteiger partial charge in [0.25, 0.3) is 0 Å². The number of primary sulfonamides is 1. The second-order valence-electron chi connectivity index (χ2n) is 5.38. The third-order valence-corrected chi connectivity index (χ3v) is 5.19. The highest BCUT2D eigenvalue weighted by atomic mass is 32.2. The Labute approximate surface area is 145 Å². The molecule has 0 aliphatic rings. The Kier molecular flexibility index (Phi) is 6.05. The molecular weight excluding hydrogens is 348 g/mol. The van der Waals surface area contributed by atoms with Gasteiger partial charge < -0.3 is 5.32 Å². The van der Waals surface area contributed by atoms with Gasteiger partial charge in [-0.25, -0.2) is 18.5 Å². The van der Waals surface area contributed by atoms with Crippen molar-refractivity contribution in [1.29, 1.82) is 0 Å². The Bertz CT molecular complexity index is 800. The zero-order chi connectivity index (χ0) is 17.7. The predicted molar refractivity (Wildman–Crippen MR) is 94.3 cm³/mol. The molecule has 1 amide bonds. The molecule has 1 aromatic heterocycles. The fourth-order valence-electron chi connectivity index (χ4n) is 2.09. The number of amides is 1. The van der Waals surface area contributed by atoms with Crippen LogP contribution in [0.2, 0.25) is 0 Å². The van der Waals surface area contributed by atoms with E-state index in [0.717, 1.165) is 17.1 Å². The lowest BCUT2D eigenvalue weighted by molar-refractivity contribution is -0.117. The highest BCUT2D eigenvalue weighted by molar-refractivity contribution is 7.89. The molecule has 3 N–H and O–H groups in total. The van der Waals surface area contributed by atoms with E-state index in [0.29, 0.717) is 12.2 Å². The summed E-state index contributed by atoms with van der Waals surface area (Å²) in [7, 11) is -1.89. The Morgan fingerprint density at radius 1 is 1.33 bits per heavy atom. The minimum atomic E-state index is -3.73.